The van der Waals surface area contributed by atoms with E-state index in [9.17, 15) is 18.0 Å². The monoisotopic (exact) mass is 441 g/mol. The Kier molecular flexibility index (Phi) is 5.88. The van der Waals surface area contributed by atoms with Crippen LogP contribution in [0.15, 0.2) is 35.2 Å². The Bertz CT molecular complexity index is 866. The molecule has 1 saturated carbocycles. The molecular formula is C20H22F3N3O3S. The van der Waals surface area contributed by atoms with Crippen LogP contribution in [0.2, 0.25) is 0 Å². The summed E-state index contributed by atoms with van der Waals surface area (Å²) in [6.07, 6.45) is -5.32. The van der Waals surface area contributed by atoms with Crippen LogP contribution >= 0.6 is 11.3 Å². The first kappa shape index (κ1) is 20.9. The van der Waals surface area contributed by atoms with E-state index >= 15 is 0 Å². The fourth-order valence-electron chi connectivity index (χ4n) is 4.19. The van der Waals surface area contributed by atoms with Crippen molar-refractivity contribution in [1.82, 2.24) is 14.8 Å². The third kappa shape index (κ3) is 5.04. The average Bonchev–Trinajstić information content (AvgIpc) is 3.08. The van der Waals surface area contributed by atoms with Crippen molar-refractivity contribution < 1.29 is 27.4 Å². The molecule has 1 amide bonds. The van der Waals surface area contributed by atoms with Crippen LogP contribution in [-0.2, 0) is 6.54 Å². The summed E-state index contributed by atoms with van der Waals surface area (Å²) in [4.78, 5) is 20.7. The number of aromatic nitrogens is 1. The minimum atomic E-state index is -4.77. The number of amides is 1. The van der Waals surface area contributed by atoms with Crippen LogP contribution in [0.1, 0.15) is 12.5 Å². The van der Waals surface area contributed by atoms with Crippen LogP contribution < -0.4 is 9.47 Å². The van der Waals surface area contributed by atoms with Gasteiger partial charge in [-0.15, -0.1) is 24.5 Å². The molecule has 0 spiro atoms. The van der Waals surface area contributed by atoms with Crippen molar-refractivity contribution >= 4 is 17.4 Å². The van der Waals surface area contributed by atoms with Crippen molar-refractivity contribution in [2.75, 3.05) is 26.2 Å². The smallest absolute Gasteiger partial charge is 0.406 e. The van der Waals surface area contributed by atoms with Crippen LogP contribution in [-0.4, -0.2) is 53.4 Å². The minimum absolute atomic E-state index is 0.130. The number of thiazole rings is 1. The van der Waals surface area contributed by atoms with Gasteiger partial charge in [0.05, 0.1) is 10.9 Å². The highest BCUT2D eigenvalue weighted by atomic mass is 32.1. The lowest BCUT2D eigenvalue weighted by atomic mass is 10.2. The number of piperidine rings is 1. The topological polar surface area (TPSA) is 54.9 Å². The van der Waals surface area contributed by atoms with Gasteiger partial charge in [-0.1, -0.05) is 19.1 Å². The maximum Gasteiger partial charge on any atom is 0.573 e. The maximum absolute atomic E-state index is 12.8. The van der Waals surface area contributed by atoms with Gasteiger partial charge >= 0.3 is 12.5 Å². The predicted molar refractivity (Wildman–Crippen MR) is 104 cm³/mol. The third-order valence-electron chi connectivity index (χ3n) is 5.69. The lowest BCUT2D eigenvalue weighted by Crippen LogP contribution is -2.36. The van der Waals surface area contributed by atoms with Gasteiger partial charge in [0.2, 0.25) is 5.88 Å². The molecule has 4 rings (SSSR count). The van der Waals surface area contributed by atoms with Gasteiger partial charge in [-0.3, -0.25) is 0 Å². The molecule has 2 aromatic rings. The second kappa shape index (κ2) is 8.43. The van der Waals surface area contributed by atoms with Crippen molar-refractivity contribution in [1.29, 1.82) is 0 Å². The zero-order valence-electron chi connectivity index (χ0n) is 16.3. The number of halogens is 3. The van der Waals surface area contributed by atoms with Crippen molar-refractivity contribution in [2.24, 2.45) is 17.8 Å². The molecule has 0 N–H and O–H groups in total. The first-order chi connectivity index (χ1) is 14.3. The van der Waals surface area contributed by atoms with E-state index in [4.69, 9.17) is 4.74 Å². The van der Waals surface area contributed by atoms with Crippen molar-refractivity contribution in [2.45, 2.75) is 19.8 Å². The van der Waals surface area contributed by atoms with Crippen molar-refractivity contribution in [3.05, 3.63) is 40.7 Å². The zero-order chi connectivity index (χ0) is 21.3. The average molecular weight is 441 g/mol. The summed E-state index contributed by atoms with van der Waals surface area (Å²) in [5, 5.41) is 1.62. The Morgan fingerprint density at radius 3 is 2.73 bits per heavy atom. The number of fused-ring (bicyclic) bond motifs is 1. The molecule has 30 heavy (non-hydrogen) atoms. The summed E-state index contributed by atoms with van der Waals surface area (Å²) in [5.41, 5.74) is 2.10. The van der Waals surface area contributed by atoms with Gasteiger partial charge in [0.1, 0.15) is 5.75 Å². The maximum atomic E-state index is 12.8. The second-order valence-electron chi connectivity index (χ2n) is 7.61. The van der Waals surface area contributed by atoms with Gasteiger partial charge in [-0.05, 0) is 42.0 Å². The molecule has 0 radical (unpaired) electrons. The standard InChI is InChI=1S/C20H22F3N3O3S/c1-2-25-8-15-16(9-25)17(15)10-26(19(27)28-18-11-30-12-24-18)7-13-4-3-5-14(6-13)29-20(21,22)23/h3-6,11-12,15-17H,2,7-10H2,1H3. The van der Waals surface area contributed by atoms with E-state index in [0.29, 0.717) is 29.9 Å². The van der Waals surface area contributed by atoms with Crippen LogP contribution in [0.5, 0.6) is 11.6 Å². The van der Waals surface area contributed by atoms with E-state index in [1.54, 1.807) is 21.9 Å². The van der Waals surface area contributed by atoms with E-state index in [1.165, 1.54) is 29.5 Å². The Labute approximate surface area is 176 Å². The van der Waals surface area contributed by atoms with E-state index in [2.05, 4.69) is 21.5 Å². The highest BCUT2D eigenvalue weighted by Crippen LogP contribution is 2.52. The van der Waals surface area contributed by atoms with Crippen molar-refractivity contribution in [3.8, 4) is 11.6 Å². The normalized spacial score (nSPS) is 23.1. The Morgan fingerprint density at radius 1 is 1.33 bits per heavy atom. The van der Waals surface area contributed by atoms with E-state index in [-0.39, 0.29) is 18.2 Å². The number of alkyl halides is 3. The highest BCUT2D eigenvalue weighted by Gasteiger charge is 2.55. The van der Waals surface area contributed by atoms with Crippen molar-refractivity contribution in [3.63, 3.8) is 0 Å². The van der Waals surface area contributed by atoms with Gasteiger partial charge in [-0.25, -0.2) is 9.78 Å². The summed E-state index contributed by atoms with van der Waals surface area (Å²) in [6, 6.07) is 5.67. The Hall–Kier alpha value is -2.33. The number of hydrogen-bond acceptors (Lipinski definition) is 6. The Morgan fingerprint density at radius 2 is 2.10 bits per heavy atom. The Balaban J connectivity index is 1.45. The number of hydrogen-bond donors (Lipinski definition) is 0. The second-order valence-corrected chi connectivity index (χ2v) is 8.33. The molecule has 2 fully saturated rings. The zero-order valence-corrected chi connectivity index (χ0v) is 17.2. The fourth-order valence-corrected chi connectivity index (χ4v) is 4.64. The quantitative estimate of drug-likeness (QED) is 0.643. The van der Waals surface area contributed by atoms with Crippen LogP contribution in [0, 0.1) is 17.8 Å². The molecule has 6 nitrogen and oxygen atoms in total. The fraction of sp³-hybridized carbons (Fsp3) is 0.500. The van der Waals surface area contributed by atoms with Crippen LogP contribution in [0.3, 0.4) is 0 Å². The lowest BCUT2D eigenvalue weighted by molar-refractivity contribution is -0.274. The number of nitrogens with zero attached hydrogens (tertiary/aromatic N) is 3. The summed E-state index contributed by atoms with van der Waals surface area (Å²) in [5.74, 6) is 1.40. The van der Waals surface area contributed by atoms with Gasteiger partial charge in [0, 0.05) is 26.2 Å². The third-order valence-corrected chi connectivity index (χ3v) is 6.26. The van der Waals surface area contributed by atoms with Gasteiger partial charge in [-0.2, -0.15) is 0 Å². The number of carbonyl (C=O) groups is 1. The van der Waals surface area contributed by atoms with Gasteiger partial charge in [0.25, 0.3) is 0 Å². The number of carbonyl (C=O) groups excluding carboxylic acids is 1. The molecule has 2 heterocycles. The molecule has 2 atom stereocenters. The van der Waals surface area contributed by atoms with E-state index in [1.807, 2.05) is 0 Å². The molecule has 2 unspecified atom stereocenters. The molecule has 162 valence electrons. The number of benzene rings is 1. The summed E-state index contributed by atoms with van der Waals surface area (Å²) < 4.78 is 47.0. The molecular weight excluding hydrogens is 419 g/mol. The highest BCUT2D eigenvalue weighted by molar-refractivity contribution is 7.07. The first-order valence-electron chi connectivity index (χ1n) is 9.74. The van der Waals surface area contributed by atoms with Gasteiger partial charge < -0.3 is 19.3 Å². The van der Waals surface area contributed by atoms with Crippen LogP contribution in [0.25, 0.3) is 0 Å². The SMILES string of the molecule is CCN1CC2C(C1)C2CN(Cc1cccc(OC(F)(F)F)c1)C(=O)Oc1cscn1. The summed E-state index contributed by atoms with van der Waals surface area (Å²) >= 11 is 1.31. The largest absolute Gasteiger partial charge is 0.573 e. The number of ether oxygens (including phenoxy) is 2. The van der Waals surface area contributed by atoms with E-state index < -0.39 is 12.5 Å². The molecule has 1 aliphatic carbocycles. The molecule has 0 bridgehead atoms. The number of rotatable bonds is 7. The molecule has 1 aromatic carbocycles. The molecule has 1 aromatic heterocycles. The number of likely N-dealkylation sites (tertiary alicyclic amines) is 1. The van der Waals surface area contributed by atoms with Crippen LogP contribution in [0.4, 0.5) is 18.0 Å². The predicted octanol–water partition coefficient (Wildman–Crippen LogP) is 4.24. The molecule has 2 aliphatic rings. The lowest BCUT2D eigenvalue weighted by Gasteiger charge is -2.24. The minimum Gasteiger partial charge on any atom is -0.406 e. The summed E-state index contributed by atoms with van der Waals surface area (Å²) in [6.45, 7) is 5.83. The molecule has 10 heteroatoms. The summed E-state index contributed by atoms with van der Waals surface area (Å²) in [7, 11) is 0. The first-order valence-corrected chi connectivity index (χ1v) is 10.7. The van der Waals surface area contributed by atoms with Gasteiger partial charge in [0.15, 0.2) is 0 Å². The van der Waals surface area contributed by atoms with E-state index in [0.717, 1.165) is 19.6 Å². The molecule has 1 aliphatic heterocycles. The molecule has 1 saturated heterocycles.